The van der Waals surface area contributed by atoms with Crippen molar-refractivity contribution in [3.05, 3.63) is 47.2 Å². The van der Waals surface area contributed by atoms with E-state index < -0.39 is 18.1 Å². The highest BCUT2D eigenvalue weighted by Gasteiger charge is 2.34. The molecule has 1 saturated carbocycles. The Hall–Kier alpha value is -3.34. The third kappa shape index (κ3) is 3.86. The number of fused-ring (bicyclic) bond motifs is 1. The van der Waals surface area contributed by atoms with Gasteiger partial charge in [-0.1, -0.05) is 6.07 Å². The van der Waals surface area contributed by atoms with Gasteiger partial charge < -0.3 is 15.3 Å². The average Bonchev–Trinajstić information content (AvgIpc) is 3.51. The number of rotatable bonds is 5. The van der Waals surface area contributed by atoms with Crippen LogP contribution in [0.15, 0.2) is 45.9 Å². The first kappa shape index (κ1) is 21.5. The molecule has 4 aromatic rings. The number of carboxylic acids is 1. The summed E-state index contributed by atoms with van der Waals surface area (Å²) >= 11 is 3.55. The van der Waals surface area contributed by atoms with Crippen molar-refractivity contribution < 1.29 is 18.7 Å². The zero-order valence-electron chi connectivity index (χ0n) is 17.4. The Balaban J connectivity index is 1.47. The number of nitrogens with zero attached hydrogens (tertiary/aromatic N) is 5. The second kappa shape index (κ2) is 8.54. The Labute approximate surface area is 196 Å². The molecule has 4 aromatic heterocycles. The second-order valence-corrected chi connectivity index (χ2v) is 8.90. The maximum atomic E-state index is 13.9. The summed E-state index contributed by atoms with van der Waals surface area (Å²) in [6, 6.07) is 3.70. The fraction of sp³-hybridized carbons (Fsp3) is 0.318. The van der Waals surface area contributed by atoms with E-state index in [0.717, 1.165) is 16.8 Å². The van der Waals surface area contributed by atoms with Crippen molar-refractivity contribution >= 4 is 33.4 Å². The van der Waals surface area contributed by atoms with E-state index in [1.54, 1.807) is 23.1 Å². The Morgan fingerprint density at radius 2 is 2.03 bits per heavy atom. The molecule has 0 spiro atoms. The van der Waals surface area contributed by atoms with Gasteiger partial charge in [0.25, 0.3) is 0 Å². The third-order valence-electron chi connectivity index (χ3n) is 6.18. The molecule has 1 unspecified atom stereocenters. The van der Waals surface area contributed by atoms with Gasteiger partial charge in [0.2, 0.25) is 5.89 Å². The molecule has 11 heteroatoms. The number of nitrogens with two attached hydrogens (primary N) is 1. The number of aliphatic carboxylic acids is 1. The molecule has 33 heavy (non-hydrogen) atoms. The minimum atomic E-state index is -1.83. The summed E-state index contributed by atoms with van der Waals surface area (Å²) < 4.78 is 21.4. The smallest absolute Gasteiger partial charge is 0.338 e. The summed E-state index contributed by atoms with van der Waals surface area (Å²) in [7, 11) is 0. The van der Waals surface area contributed by atoms with E-state index in [2.05, 4.69) is 31.0 Å². The van der Waals surface area contributed by atoms with Gasteiger partial charge in [-0.15, -0.1) is 0 Å². The molecule has 5 rings (SSSR count). The maximum Gasteiger partial charge on any atom is 0.338 e. The van der Waals surface area contributed by atoms with Crippen LogP contribution in [-0.4, -0.2) is 41.8 Å². The molecule has 170 valence electrons. The fourth-order valence-corrected chi connectivity index (χ4v) is 4.98. The lowest BCUT2D eigenvalue weighted by Crippen LogP contribution is -2.28. The average molecular weight is 515 g/mol. The summed E-state index contributed by atoms with van der Waals surface area (Å²) in [4.78, 5) is 24.4. The Morgan fingerprint density at radius 1 is 1.24 bits per heavy atom. The third-order valence-corrected chi connectivity index (χ3v) is 6.99. The predicted octanol–water partition coefficient (Wildman–Crippen LogP) is 4.49. The molecule has 1 aliphatic carbocycles. The lowest BCUT2D eigenvalue weighted by molar-refractivity contribution is -0.145. The Morgan fingerprint density at radius 3 is 2.67 bits per heavy atom. The molecule has 9 nitrogen and oxygen atoms in total. The fourth-order valence-electron chi connectivity index (χ4n) is 4.40. The summed E-state index contributed by atoms with van der Waals surface area (Å²) in [6.07, 6.45) is 6.85. The molecule has 0 bridgehead atoms. The van der Waals surface area contributed by atoms with Gasteiger partial charge in [-0.3, -0.25) is 4.98 Å². The first-order chi connectivity index (χ1) is 15.9. The number of pyridine rings is 1. The van der Waals surface area contributed by atoms with Crippen molar-refractivity contribution in [2.75, 3.05) is 5.73 Å². The minimum absolute atomic E-state index is 0.0391. The van der Waals surface area contributed by atoms with E-state index in [-0.39, 0.29) is 5.92 Å². The standard InChI is InChI=1S/C22H20BrFN6O3/c23-16-18(12-3-1-11(2-4-12)17(24)22(31)32)29-20-14(10-28-30(20)19(16)25)13-5-6-15(27-9-13)21-26-7-8-33-21/h5-12,17H,1-4,25H2,(H,31,32)/t11-,12+,17?. The number of nitrogen functional groups attached to an aromatic ring is 1. The quantitative estimate of drug-likeness (QED) is 0.398. The maximum absolute atomic E-state index is 13.9. The Kier molecular flexibility index (Phi) is 5.57. The number of carbonyl (C=O) groups is 1. The molecular formula is C22H20BrFN6O3. The number of oxazole rings is 1. The van der Waals surface area contributed by atoms with Crippen molar-refractivity contribution in [3.63, 3.8) is 0 Å². The topological polar surface area (TPSA) is 132 Å². The molecule has 1 atom stereocenters. The summed E-state index contributed by atoms with van der Waals surface area (Å²) in [6.45, 7) is 0. The summed E-state index contributed by atoms with van der Waals surface area (Å²) in [5, 5.41) is 13.4. The van der Waals surface area contributed by atoms with Gasteiger partial charge >= 0.3 is 5.97 Å². The van der Waals surface area contributed by atoms with Gasteiger partial charge in [0, 0.05) is 29.2 Å². The largest absolute Gasteiger partial charge is 0.479 e. The number of alkyl halides is 1. The molecular weight excluding hydrogens is 495 g/mol. The van der Waals surface area contributed by atoms with Crippen LogP contribution in [0.1, 0.15) is 37.3 Å². The molecule has 0 saturated heterocycles. The van der Waals surface area contributed by atoms with Crippen molar-refractivity contribution in [3.8, 4) is 22.7 Å². The monoisotopic (exact) mass is 514 g/mol. The zero-order chi connectivity index (χ0) is 23.1. The van der Waals surface area contributed by atoms with E-state index in [9.17, 15) is 9.18 Å². The number of carboxylic acid groups (broad SMARTS) is 1. The van der Waals surface area contributed by atoms with Gasteiger partial charge in [0.1, 0.15) is 17.8 Å². The van der Waals surface area contributed by atoms with Crippen LogP contribution in [0.4, 0.5) is 10.2 Å². The highest BCUT2D eigenvalue weighted by molar-refractivity contribution is 9.10. The lowest BCUT2D eigenvalue weighted by Gasteiger charge is -2.29. The summed E-state index contributed by atoms with van der Waals surface area (Å²) in [5.74, 6) is -0.977. The van der Waals surface area contributed by atoms with E-state index in [1.165, 1.54) is 6.26 Å². The zero-order valence-corrected chi connectivity index (χ0v) is 18.9. The van der Waals surface area contributed by atoms with Crippen molar-refractivity contribution in [1.82, 2.24) is 24.6 Å². The van der Waals surface area contributed by atoms with Crippen LogP contribution in [0.5, 0.6) is 0 Å². The van der Waals surface area contributed by atoms with E-state index in [4.69, 9.17) is 20.2 Å². The lowest BCUT2D eigenvalue weighted by atomic mass is 9.78. The van der Waals surface area contributed by atoms with Crippen LogP contribution in [0.25, 0.3) is 28.4 Å². The highest BCUT2D eigenvalue weighted by atomic mass is 79.9. The second-order valence-electron chi connectivity index (χ2n) is 8.11. The molecule has 1 aliphatic rings. The van der Waals surface area contributed by atoms with Crippen LogP contribution < -0.4 is 5.73 Å². The molecule has 0 aromatic carbocycles. The normalized spacial score (nSPS) is 19.6. The van der Waals surface area contributed by atoms with Crippen molar-refractivity contribution in [1.29, 1.82) is 0 Å². The van der Waals surface area contributed by atoms with E-state index in [1.807, 2.05) is 12.1 Å². The molecule has 3 N–H and O–H groups in total. The van der Waals surface area contributed by atoms with E-state index in [0.29, 0.717) is 53.2 Å². The number of halogens is 2. The van der Waals surface area contributed by atoms with Gasteiger partial charge in [-0.2, -0.15) is 9.61 Å². The van der Waals surface area contributed by atoms with Crippen LogP contribution >= 0.6 is 15.9 Å². The number of hydrogen-bond acceptors (Lipinski definition) is 7. The van der Waals surface area contributed by atoms with E-state index >= 15 is 0 Å². The number of aromatic nitrogens is 5. The van der Waals surface area contributed by atoms with Crippen molar-refractivity contribution in [2.24, 2.45) is 5.92 Å². The molecule has 0 aliphatic heterocycles. The number of hydrogen-bond donors (Lipinski definition) is 2. The van der Waals surface area contributed by atoms with Crippen LogP contribution in [0, 0.1) is 5.92 Å². The number of anilines is 1. The predicted molar refractivity (Wildman–Crippen MR) is 121 cm³/mol. The molecule has 0 amide bonds. The van der Waals surface area contributed by atoms with Crippen LogP contribution in [-0.2, 0) is 4.79 Å². The van der Waals surface area contributed by atoms with Crippen LogP contribution in [0.2, 0.25) is 0 Å². The van der Waals surface area contributed by atoms with Gasteiger partial charge in [0.05, 0.1) is 22.6 Å². The molecule has 1 fully saturated rings. The first-order valence-corrected chi connectivity index (χ1v) is 11.3. The first-order valence-electron chi connectivity index (χ1n) is 10.5. The van der Waals surface area contributed by atoms with Crippen LogP contribution in [0.3, 0.4) is 0 Å². The van der Waals surface area contributed by atoms with Gasteiger partial charge in [0.15, 0.2) is 11.8 Å². The van der Waals surface area contributed by atoms with Gasteiger partial charge in [-0.05, 0) is 47.7 Å². The molecule has 0 radical (unpaired) electrons. The Bertz CT molecular complexity index is 1300. The summed E-state index contributed by atoms with van der Waals surface area (Å²) in [5.41, 5.74) is 9.92. The van der Waals surface area contributed by atoms with Crippen molar-refractivity contribution in [2.45, 2.75) is 37.8 Å². The SMILES string of the molecule is Nc1c(Br)c([C@H]2CC[C@@H](C(F)C(=O)O)CC2)nc2c(-c3ccc(-c4ncco4)nc3)cnn12. The minimum Gasteiger partial charge on any atom is -0.479 e. The molecule has 4 heterocycles. The highest BCUT2D eigenvalue weighted by Crippen LogP contribution is 2.41. The van der Waals surface area contributed by atoms with Gasteiger partial charge in [-0.25, -0.2) is 19.2 Å².